The van der Waals surface area contributed by atoms with Gasteiger partial charge in [0.2, 0.25) is 5.82 Å². The molecule has 152 valence electrons. The lowest BCUT2D eigenvalue weighted by Gasteiger charge is -2.12. The molecule has 2 aromatic heterocycles. The third-order valence-electron chi connectivity index (χ3n) is 4.69. The van der Waals surface area contributed by atoms with Crippen LogP contribution >= 0.6 is 0 Å². The van der Waals surface area contributed by atoms with E-state index in [1.807, 2.05) is 86.7 Å². The van der Waals surface area contributed by atoms with Crippen molar-refractivity contribution in [3.05, 3.63) is 77.9 Å². The third-order valence-corrected chi connectivity index (χ3v) is 4.69. The number of hydrogen-bond acceptors (Lipinski definition) is 6. The normalized spacial score (nSPS) is 10.8. The maximum absolute atomic E-state index is 12.4. The Morgan fingerprint density at radius 3 is 2.53 bits per heavy atom. The number of carbonyl (C=O) groups is 1. The average molecular weight is 402 g/mol. The molecule has 0 aliphatic heterocycles. The lowest BCUT2D eigenvalue weighted by Crippen LogP contribution is -2.23. The van der Waals surface area contributed by atoms with Crippen LogP contribution in [0.2, 0.25) is 0 Å². The topological polar surface area (TPSA) is 89.1 Å². The number of nitrogens with one attached hydrogen (secondary N) is 1. The van der Waals surface area contributed by atoms with Gasteiger partial charge < -0.3 is 14.7 Å². The summed E-state index contributed by atoms with van der Waals surface area (Å²) in [6.07, 6.45) is 1.82. The van der Waals surface area contributed by atoms with Gasteiger partial charge in [-0.15, -0.1) is 0 Å². The largest absolute Gasteiger partial charge is 0.378 e. The number of carbonyl (C=O) groups excluding carboxylic acids is 1. The molecule has 0 fully saturated rings. The van der Waals surface area contributed by atoms with E-state index in [1.165, 1.54) is 0 Å². The minimum atomic E-state index is -0.418. The smallest absolute Gasteiger partial charge is 0.316 e. The Labute approximate surface area is 174 Å². The molecule has 8 nitrogen and oxygen atoms in total. The Morgan fingerprint density at radius 1 is 1.10 bits per heavy atom. The second-order valence-electron chi connectivity index (χ2n) is 7.07. The van der Waals surface area contributed by atoms with Gasteiger partial charge >= 0.3 is 11.8 Å². The van der Waals surface area contributed by atoms with Crippen molar-refractivity contribution >= 4 is 11.6 Å². The molecule has 8 heteroatoms. The van der Waals surface area contributed by atoms with E-state index in [2.05, 4.69) is 20.6 Å². The van der Waals surface area contributed by atoms with E-state index in [0.29, 0.717) is 17.9 Å². The van der Waals surface area contributed by atoms with Crippen LogP contribution in [0.5, 0.6) is 0 Å². The molecule has 0 spiro atoms. The molecule has 0 bridgehead atoms. The number of aromatic nitrogens is 4. The van der Waals surface area contributed by atoms with Crippen molar-refractivity contribution in [3.63, 3.8) is 0 Å². The van der Waals surface area contributed by atoms with Crippen LogP contribution in [0.3, 0.4) is 0 Å². The van der Waals surface area contributed by atoms with E-state index in [1.54, 1.807) is 4.68 Å². The van der Waals surface area contributed by atoms with Crippen molar-refractivity contribution < 1.29 is 9.32 Å². The zero-order valence-electron chi connectivity index (χ0n) is 17.0. The number of aryl methyl sites for hydroxylation is 1. The van der Waals surface area contributed by atoms with E-state index >= 15 is 0 Å². The maximum atomic E-state index is 12.4. The number of anilines is 1. The molecule has 4 aromatic rings. The summed E-state index contributed by atoms with van der Waals surface area (Å²) in [5.74, 6) is -0.171. The molecule has 0 atom stereocenters. The van der Waals surface area contributed by atoms with Gasteiger partial charge in [-0.3, -0.25) is 4.79 Å². The van der Waals surface area contributed by atoms with Crippen LogP contribution in [0.4, 0.5) is 5.69 Å². The summed E-state index contributed by atoms with van der Waals surface area (Å²) < 4.78 is 6.92. The van der Waals surface area contributed by atoms with E-state index in [0.717, 1.165) is 22.6 Å². The summed E-state index contributed by atoms with van der Waals surface area (Å²) >= 11 is 0. The molecule has 1 amide bonds. The molecular weight excluding hydrogens is 380 g/mol. The summed E-state index contributed by atoms with van der Waals surface area (Å²) in [6.45, 7) is 2.23. The monoisotopic (exact) mass is 402 g/mol. The average Bonchev–Trinajstić information content (AvgIpc) is 3.40. The van der Waals surface area contributed by atoms with E-state index < -0.39 is 5.91 Å². The summed E-state index contributed by atoms with van der Waals surface area (Å²) in [5, 5.41) is 11.3. The van der Waals surface area contributed by atoms with E-state index in [-0.39, 0.29) is 5.89 Å². The lowest BCUT2D eigenvalue weighted by atomic mass is 10.2. The minimum absolute atomic E-state index is 0.0817. The van der Waals surface area contributed by atoms with Crippen LogP contribution in [0, 0.1) is 6.92 Å². The summed E-state index contributed by atoms with van der Waals surface area (Å²) in [6, 6.07) is 17.7. The van der Waals surface area contributed by atoms with Gasteiger partial charge in [0.25, 0.3) is 0 Å². The highest BCUT2D eigenvalue weighted by Gasteiger charge is 2.19. The first kappa shape index (κ1) is 19.4. The van der Waals surface area contributed by atoms with Crippen LogP contribution in [-0.2, 0) is 6.54 Å². The Kier molecular flexibility index (Phi) is 5.30. The van der Waals surface area contributed by atoms with Crippen LogP contribution in [-0.4, -0.2) is 39.9 Å². The summed E-state index contributed by atoms with van der Waals surface area (Å²) in [5.41, 5.74) is 4.45. The van der Waals surface area contributed by atoms with Crippen molar-refractivity contribution in [2.24, 2.45) is 0 Å². The molecule has 0 saturated heterocycles. The first-order chi connectivity index (χ1) is 14.5. The van der Waals surface area contributed by atoms with E-state index in [9.17, 15) is 4.79 Å². The van der Waals surface area contributed by atoms with Gasteiger partial charge in [-0.2, -0.15) is 10.1 Å². The van der Waals surface area contributed by atoms with Crippen LogP contribution in [0.15, 0.2) is 65.3 Å². The van der Waals surface area contributed by atoms with Crippen LogP contribution in [0.1, 0.15) is 21.9 Å². The number of amides is 1. The Bertz CT molecular complexity index is 1150. The fourth-order valence-electron chi connectivity index (χ4n) is 2.99. The zero-order chi connectivity index (χ0) is 21.1. The first-order valence-corrected chi connectivity index (χ1v) is 9.51. The molecule has 1 N–H and O–H groups in total. The Hall–Kier alpha value is -3.94. The van der Waals surface area contributed by atoms with E-state index in [4.69, 9.17) is 4.52 Å². The third kappa shape index (κ3) is 4.07. The number of nitrogens with zero attached hydrogens (tertiary/aromatic N) is 5. The molecule has 4 rings (SSSR count). The molecule has 0 aliphatic carbocycles. The van der Waals surface area contributed by atoms with Gasteiger partial charge in [-0.05, 0) is 36.8 Å². The highest BCUT2D eigenvalue weighted by atomic mass is 16.5. The van der Waals surface area contributed by atoms with Crippen LogP contribution in [0.25, 0.3) is 17.1 Å². The molecule has 2 heterocycles. The molecule has 30 heavy (non-hydrogen) atoms. The highest BCUT2D eigenvalue weighted by Crippen LogP contribution is 2.21. The van der Waals surface area contributed by atoms with Crippen molar-refractivity contribution in [3.8, 4) is 17.1 Å². The van der Waals surface area contributed by atoms with Gasteiger partial charge in [0.15, 0.2) is 0 Å². The summed E-state index contributed by atoms with van der Waals surface area (Å²) in [7, 11) is 3.96. The second kappa shape index (κ2) is 8.20. The van der Waals surface area contributed by atoms with Gasteiger partial charge in [-0.1, -0.05) is 35.5 Å². The van der Waals surface area contributed by atoms with Crippen molar-refractivity contribution in [2.75, 3.05) is 19.0 Å². The fraction of sp³-hybridized carbons (Fsp3) is 0.182. The quantitative estimate of drug-likeness (QED) is 0.533. The molecule has 0 aliphatic rings. The Balaban J connectivity index is 1.45. The predicted molar refractivity (Wildman–Crippen MR) is 114 cm³/mol. The van der Waals surface area contributed by atoms with Crippen molar-refractivity contribution in [2.45, 2.75) is 13.5 Å². The molecule has 0 saturated carbocycles. The highest BCUT2D eigenvalue weighted by molar-refractivity contribution is 5.89. The predicted octanol–water partition coefficient (Wildman–Crippen LogP) is 3.23. The van der Waals surface area contributed by atoms with Crippen LogP contribution < -0.4 is 10.2 Å². The SMILES string of the molecule is Cc1nn(-c2ccccc2)cc1-c1noc(C(=O)NCc2ccc(N(C)C)cc2)n1. The van der Waals surface area contributed by atoms with Gasteiger partial charge in [-0.25, -0.2) is 4.68 Å². The van der Waals surface area contributed by atoms with Gasteiger partial charge in [0.05, 0.1) is 16.9 Å². The number of benzene rings is 2. The first-order valence-electron chi connectivity index (χ1n) is 9.51. The second-order valence-corrected chi connectivity index (χ2v) is 7.07. The van der Waals surface area contributed by atoms with Crippen molar-refractivity contribution in [1.29, 1.82) is 0 Å². The lowest BCUT2D eigenvalue weighted by molar-refractivity contribution is 0.0907. The Morgan fingerprint density at radius 2 is 1.83 bits per heavy atom. The minimum Gasteiger partial charge on any atom is -0.378 e. The van der Waals surface area contributed by atoms with Gasteiger partial charge in [0.1, 0.15) is 0 Å². The van der Waals surface area contributed by atoms with Gasteiger partial charge in [0, 0.05) is 32.5 Å². The number of para-hydroxylation sites is 1. The standard InChI is InChI=1S/C22H22N6O2/c1-15-19(14-28(25-15)18-7-5-4-6-8-18)20-24-22(30-26-20)21(29)23-13-16-9-11-17(12-10-16)27(2)3/h4-12,14H,13H2,1-3H3,(H,23,29). The molecule has 2 aromatic carbocycles. The maximum Gasteiger partial charge on any atom is 0.316 e. The number of hydrogen-bond donors (Lipinski definition) is 1. The van der Waals surface area contributed by atoms with Crippen molar-refractivity contribution in [1.82, 2.24) is 25.2 Å². The zero-order valence-corrected chi connectivity index (χ0v) is 17.0. The summed E-state index contributed by atoms with van der Waals surface area (Å²) in [4.78, 5) is 18.7. The molecule has 0 unspecified atom stereocenters. The molecule has 0 radical (unpaired) electrons. The molecular formula is C22H22N6O2. The fourth-order valence-corrected chi connectivity index (χ4v) is 2.99. The number of rotatable bonds is 6.